The van der Waals surface area contributed by atoms with Gasteiger partial charge in [-0.1, -0.05) is 48.9 Å². The van der Waals surface area contributed by atoms with Gasteiger partial charge in [0.25, 0.3) is 0 Å². The smallest absolute Gasteiger partial charge is 0.314 e. The first-order chi connectivity index (χ1) is 12.9. The summed E-state index contributed by atoms with van der Waals surface area (Å²) in [5, 5.41) is 0. The molecule has 0 aliphatic carbocycles. The maximum Gasteiger partial charge on any atom is 0.325 e. The quantitative estimate of drug-likeness (QED) is 0.761. The fourth-order valence-electron chi connectivity index (χ4n) is 4.16. The normalized spacial score (nSPS) is 23.7. The molecule has 2 heterocycles. The number of hydrogen-bond acceptors (Lipinski definition) is 3. The van der Waals surface area contributed by atoms with Crippen molar-refractivity contribution in [3.8, 4) is 0 Å². The molecule has 27 heavy (non-hydrogen) atoms. The number of fused-ring (bicyclic) bond motifs is 1. The summed E-state index contributed by atoms with van der Waals surface area (Å²) in [6.45, 7) is 4.53. The molecule has 2 fully saturated rings. The van der Waals surface area contributed by atoms with Crippen molar-refractivity contribution >= 4 is 21.6 Å². The van der Waals surface area contributed by atoms with Gasteiger partial charge in [-0.2, -0.15) is 0 Å². The van der Waals surface area contributed by atoms with Crippen LogP contribution in [0.4, 0.5) is 10.5 Å². The second kappa shape index (κ2) is 6.68. The van der Waals surface area contributed by atoms with Crippen LogP contribution < -0.4 is 4.90 Å². The molecule has 0 aromatic heterocycles. The molecule has 0 radical (unpaired) electrons. The number of anilines is 1. The fraction of sp³-hybridized carbons (Fsp3) is 0.381. The number of amides is 2. The van der Waals surface area contributed by atoms with E-state index < -0.39 is 9.84 Å². The van der Waals surface area contributed by atoms with Gasteiger partial charge in [-0.3, -0.25) is 4.90 Å². The lowest BCUT2D eigenvalue weighted by atomic mass is 10.1. The Kier molecular flexibility index (Phi) is 4.46. The Morgan fingerprint density at radius 2 is 1.70 bits per heavy atom. The van der Waals surface area contributed by atoms with Gasteiger partial charge in [-0.05, 0) is 36.6 Å². The van der Waals surface area contributed by atoms with Crippen LogP contribution >= 0.6 is 0 Å². The number of rotatable bonds is 4. The van der Waals surface area contributed by atoms with Gasteiger partial charge in [0.15, 0.2) is 9.84 Å². The molecular formula is C21H24N2O3S. The summed E-state index contributed by atoms with van der Waals surface area (Å²) < 4.78 is 24.6. The van der Waals surface area contributed by atoms with E-state index in [9.17, 15) is 13.2 Å². The van der Waals surface area contributed by atoms with Crippen molar-refractivity contribution in [1.29, 1.82) is 0 Å². The van der Waals surface area contributed by atoms with Crippen LogP contribution in [-0.4, -0.2) is 42.9 Å². The van der Waals surface area contributed by atoms with Crippen LogP contribution in [0.25, 0.3) is 0 Å². The predicted molar refractivity (Wildman–Crippen MR) is 107 cm³/mol. The summed E-state index contributed by atoms with van der Waals surface area (Å²) in [6, 6.07) is 15.1. The standard InChI is InChI=1S/C21H24N2O3S/c1-3-16-7-9-18(10-8-16)23-20-14-27(25,26)13-19(20)22(21(23)24)12-17-6-4-5-15(2)11-17/h4-11,19-20H,3,12-14H2,1-2H3/t19-,20-/m1/s1. The first-order valence-electron chi connectivity index (χ1n) is 9.33. The topological polar surface area (TPSA) is 57.7 Å². The molecule has 4 rings (SSSR count). The van der Waals surface area contributed by atoms with Crippen LogP contribution in [0.2, 0.25) is 0 Å². The number of carbonyl (C=O) groups is 1. The number of hydrogen-bond donors (Lipinski definition) is 0. The van der Waals surface area contributed by atoms with Crippen LogP contribution in [-0.2, 0) is 22.8 Å². The molecule has 2 aromatic carbocycles. The molecule has 2 amide bonds. The van der Waals surface area contributed by atoms with E-state index in [-0.39, 0.29) is 29.6 Å². The van der Waals surface area contributed by atoms with E-state index in [4.69, 9.17) is 0 Å². The fourth-order valence-corrected chi connectivity index (χ4v) is 6.11. The molecule has 0 saturated carbocycles. The van der Waals surface area contributed by atoms with Crippen molar-refractivity contribution in [3.63, 3.8) is 0 Å². The van der Waals surface area contributed by atoms with E-state index in [0.717, 1.165) is 23.2 Å². The summed E-state index contributed by atoms with van der Waals surface area (Å²) in [5.74, 6) is 0.0714. The summed E-state index contributed by atoms with van der Waals surface area (Å²) in [4.78, 5) is 16.7. The lowest BCUT2D eigenvalue weighted by molar-refractivity contribution is 0.206. The maximum atomic E-state index is 13.2. The molecular weight excluding hydrogens is 360 g/mol. The number of sulfone groups is 1. The van der Waals surface area contributed by atoms with Crippen LogP contribution in [0.5, 0.6) is 0 Å². The molecule has 142 valence electrons. The number of nitrogens with zero attached hydrogens (tertiary/aromatic N) is 2. The molecule has 2 aliphatic heterocycles. The molecule has 0 spiro atoms. The van der Waals surface area contributed by atoms with Gasteiger partial charge in [0, 0.05) is 12.2 Å². The minimum atomic E-state index is -3.15. The third kappa shape index (κ3) is 3.34. The van der Waals surface area contributed by atoms with E-state index in [0.29, 0.717) is 6.54 Å². The first kappa shape index (κ1) is 18.0. The number of aryl methyl sites for hydroxylation is 2. The molecule has 0 N–H and O–H groups in total. The lowest BCUT2D eigenvalue weighted by Gasteiger charge is -2.23. The average molecular weight is 385 g/mol. The number of urea groups is 1. The van der Waals surface area contributed by atoms with Crippen LogP contribution in [0.1, 0.15) is 23.6 Å². The highest BCUT2D eigenvalue weighted by molar-refractivity contribution is 7.91. The zero-order chi connectivity index (χ0) is 19.2. The van der Waals surface area contributed by atoms with Crippen molar-refractivity contribution in [3.05, 3.63) is 65.2 Å². The summed E-state index contributed by atoms with van der Waals surface area (Å²) in [6.07, 6.45) is 0.925. The average Bonchev–Trinajstić information content (AvgIpc) is 3.06. The largest absolute Gasteiger partial charge is 0.325 e. The molecule has 0 unspecified atom stereocenters. The van der Waals surface area contributed by atoms with Crippen LogP contribution in [0, 0.1) is 6.92 Å². The highest BCUT2D eigenvalue weighted by Crippen LogP contribution is 2.36. The zero-order valence-corrected chi connectivity index (χ0v) is 16.4. The summed E-state index contributed by atoms with van der Waals surface area (Å²) in [5.41, 5.74) is 4.12. The molecule has 2 atom stereocenters. The summed E-state index contributed by atoms with van der Waals surface area (Å²) >= 11 is 0. The van der Waals surface area contributed by atoms with Gasteiger partial charge >= 0.3 is 6.03 Å². The van der Waals surface area contributed by atoms with Gasteiger partial charge in [0.1, 0.15) is 0 Å². The summed E-state index contributed by atoms with van der Waals surface area (Å²) in [7, 11) is -3.15. The SMILES string of the molecule is CCc1ccc(N2C(=O)N(Cc3cccc(C)c3)[C@@H]3CS(=O)(=O)C[C@H]32)cc1. The molecule has 2 saturated heterocycles. The van der Waals surface area contributed by atoms with E-state index in [1.807, 2.05) is 55.5 Å². The minimum absolute atomic E-state index is 0.0310. The molecule has 0 bridgehead atoms. The van der Waals surface area contributed by atoms with Crippen molar-refractivity contribution < 1.29 is 13.2 Å². The van der Waals surface area contributed by atoms with E-state index in [2.05, 4.69) is 6.92 Å². The van der Waals surface area contributed by atoms with Crippen molar-refractivity contribution in [2.45, 2.75) is 38.9 Å². The van der Waals surface area contributed by atoms with E-state index >= 15 is 0 Å². The Morgan fingerprint density at radius 3 is 2.37 bits per heavy atom. The third-order valence-corrected chi connectivity index (χ3v) is 7.23. The molecule has 6 heteroatoms. The monoisotopic (exact) mass is 384 g/mol. The second-order valence-corrected chi connectivity index (χ2v) is 9.65. The highest BCUT2D eigenvalue weighted by atomic mass is 32.2. The van der Waals surface area contributed by atoms with Gasteiger partial charge in [0.2, 0.25) is 0 Å². The van der Waals surface area contributed by atoms with Gasteiger partial charge in [-0.25, -0.2) is 13.2 Å². The van der Waals surface area contributed by atoms with Crippen molar-refractivity contribution in [1.82, 2.24) is 4.90 Å². The van der Waals surface area contributed by atoms with Gasteiger partial charge in [-0.15, -0.1) is 0 Å². The minimum Gasteiger partial charge on any atom is -0.314 e. The Hall–Kier alpha value is -2.34. The Bertz CT molecular complexity index is 969. The molecule has 2 aromatic rings. The van der Waals surface area contributed by atoms with Crippen molar-refractivity contribution in [2.24, 2.45) is 0 Å². The van der Waals surface area contributed by atoms with Gasteiger partial charge < -0.3 is 4.90 Å². The van der Waals surface area contributed by atoms with E-state index in [1.54, 1.807) is 9.80 Å². The highest BCUT2D eigenvalue weighted by Gasteiger charge is 2.53. The second-order valence-electron chi connectivity index (χ2n) is 7.50. The number of carbonyl (C=O) groups excluding carboxylic acids is 1. The lowest BCUT2D eigenvalue weighted by Crippen LogP contribution is -2.37. The Labute approximate surface area is 160 Å². The van der Waals surface area contributed by atoms with Crippen LogP contribution in [0.3, 0.4) is 0 Å². The maximum absolute atomic E-state index is 13.2. The van der Waals surface area contributed by atoms with Crippen LogP contribution in [0.15, 0.2) is 48.5 Å². The first-order valence-corrected chi connectivity index (χ1v) is 11.1. The van der Waals surface area contributed by atoms with Gasteiger partial charge in [0.05, 0.1) is 23.6 Å². The zero-order valence-electron chi connectivity index (χ0n) is 15.6. The van der Waals surface area contributed by atoms with E-state index in [1.165, 1.54) is 5.56 Å². The predicted octanol–water partition coefficient (Wildman–Crippen LogP) is 3.17. The molecule has 2 aliphatic rings. The Balaban J connectivity index is 1.69. The number of benzene rings is 2. The Morgan fingerprint density at radius 1 is 1.00 bits per heavy atom. The van der Waals surface area contributed by atoms with Crippen molar-refractivity contribution in [2.75, 3.05) is 16.4 Å². The third-order valence-electron chi connectivity index (χ3n) is 5.54. The molecule has 5 nitrogen and oxygen atoms in total.